The van der Waals surface area contributed by atoms with E-state index in [-0.39, 0.29) is 40.7 Å². The number of benzene rings is 2. The minimum atomic E-state index is -3.11. The summed E-state index contributed by atoms with van der Waals surface area (Å²) in [6.45, 7) is 5.57. The van der Waals surface area contributed by atoms with Crippen LogP contribution in [0.5, 0.6) is 0 Å². The van der Waals surface area contributed by atoms with Gasteiger partial charge in [0.15, 0.2) is 5.82 Å². The summed E-state index contributed by atoms with van der Waals surface area (Å²) >= 11 is 0. The van der Waals surface area contributed by atoms with Crippen molar-refractivity contribution in [3.8, 4) is 11.3 Å². The van der Waals surface area contributed by atoms with Crippen LogP contribution in [0.25, 0.3) is 11.3 Å². The van der Waals surface area contributed by atoms with E-state index in [2.05, 4.69) is 15.6 Å². The van der Waals surface area contributed by atoms with Crippen LogP contribution in [0.2, 0.25) is 0 Å². The molecule has 0 radical (unpaired) electrons. The average Bonchev–Trinajstić information content (AvgIpc) is 2.91. The first-order chi connectivity index (χ1) is 18.8. The Morgan fingerprint density at radius 1 is 1.02 bits per heavy atom. The van der Waals surface area contributed by atoms with E-state index in [4.69, 9.17) is 4.98 Å². The van der Waals surface area contributed by atoms with Crippen LogP contribution >= 0.6 is 0 Å². The van der Waals surface area contributed by atoms with Gasteiger partial charge in [-0.2, -0.15) is 0 Å². The zero-order valence-corrected chi connectivity index (χ0v) is 24.0. The molecule has 2 N–H and O–H groups in total. The topological polar surface area (TPSA) is 118 Å². The highest BCUT2D eigenvalue weighted by molar-refractivity contribution is 7.91. The molecule has 1 heterocycles. The largest absolute Gasteiger partial charge is 0.348 e. The zero-order chi connectivity index (χ0) is 29.1. The first-order valence-corrected chi connectivity index (χ1v) is 15.3. The standard InChI is InChI=1S/C30H35FN4O4S/c1-30(2,3)29(37)35-27-26(34-25(18-32-27)20-10-13-22(14-11-20)40(4,38)39)21-12-15-23(24(31)16-21)28(36)33-17-19-8-6-5-7-9-19/h5-9,12,15-16,18,20,22H,10-11,13-14,17H2,1-4H3,(H,33,36)(H,32,35,37)/t20-,22-. The minimum absolute atomic E-state index is 0.00972. The summed E-state index contributed by atoms with van der Waals surface area (Å²) in [5.74, 6) is -1.37. The Labute approximate surface area is 234 Å². The average molecular weight is 567 g/mol. The van der Waals surface area contributed by atoms with Gasteiger partial charge < -0.3 is 10.6 Å². The zero-order valence-electron chi connectivity index (χ0n) is 23.2. The van der Waals surface area contributed by atoms with Crippen LogP contribution in [0.3, 0.4) is 0 Å². The van der Waals surface area contributed by atoms with Gasteiger partial charge in [0.25, 0.3) is 5.91 Å². The second-order valence-electron chi connectivity index (χ2n) is 11.4. The summed E-state index contributed by atoms with van der Waals surface area (Å²) in [5.41, 5.74) is 1.39. The van der Waals surface area contributed by atoms with Crippen molar-refractivity contribution in [1.29, 1.82) is 0 Å². The molecular formula is C30H35FN4O4S. The molecule has 0 spiro atoms. The van der Waals surface area contributed by atoms with Crippen LogP contribution in [0.15, 0.2) is 54.7 Å². The summed E-state index contributed by atoms with van der Waals surface area (Å²) in [6.07, 6.45) is 5.19. The third-order valence-electron chi connectivity index (χ3n) is 7.19. The van der Waals surface area contributed by atoms with Gasteiger partial charge in [-0.15, -0.1) is 0 Å². The van der Waals surface area contributed by atoms with E-state index < -0.39 is 27.0 Å². The van der Waals surface area contributed by atoms with Crippen molar-refractivity contribution < 1.29 is 22.4 Å². The summed E-state index contributed by atoms with van der Waals surface area (Å²) in [7, 11) is -3.11. The Morgan fingerprint density at radius 3 is 2.30 bits per heavy atom. The Balaban J connectivity index is 1.62. The highest BCUT2D eigenvalue weighted by Gasteiger charge is 2.30. The van der Waals surface area contributed by atoms with E-state index in [9.17, 15) is 18.0 Å². The van der Waals surface area contributed by atoms with Gasteiger partial charge in [0.1, 0.15) is 21.3 Å². The third kappa shape index (κ3) is 7.10. The van der Waals surface area contributed by atoms with E-state index in [1.807, 2.05) is 30.3 Å². The number of sulfone groups is 1. The molecule has 0 saturated heterocycles. The molecule has 40 heavy (non-hydrogen) atoms. The predicted octanol–water partition coefficient (Wildman–Crippen LogP) is 5.27. The third-order valence-corrected chi connectivity index (χ3v) is 8.87. The molecular weight excluding hydrogens is 531 g/mol. The van der Waals surface area contributed by atoms with Crippen LogP contribution < -0.4 is 10.6 Å². The van der Waals surface area contributed by atoms with Gasteiger partial charge in [-0.05, 0) is 43.4 Å². The van der Waals surface area contributed by atoms with Crippen molar-refractivity contribution >= 4 is 27.5 Å². The van der Waals surface area contributed by atoms with Crippen LogP contribution in [-0.2, 0) is 21.2 Å². The number of aromatic nitrogens is 2. The number of nitrogens with one attached hydrogen (secondary N) is 2. The number of carbonyl (C=O) groups is 2. The second kappa shape index (κ2) is 11.8. The van der Waals surface area contributed by atoms with Gasteiger partial charge in [-0.25, -0.2) is 22.8 Å². The summed E-state index contributed by atoms with van der Waals surface area (Å²) in [4.78, 5) is 34.7. The maximum atomic E-state index is 15.3. The number of anilines is 1. The van der Waals surface area contributed by atoms with E-state index in [0.717, 1.165) is 5.56 Å². The Bertz CT molecular complexity index is 1500. The molecule has 2 amide bonds. The van der Waals surface area contributed by atoms with Crippen LogP contribution in [0, 0.1) is 11.2 Å². The molecule has 1 saturated carbocycles. The molecule has 0 bridgehead atoms. The van der Waals surface area contributed by atoms with Crippen molar-refractivity contribution in [2.75, 3.05) is 11.6 Å². The molecule has 0 atom stereocenters. The Kier molecular flexibility index (Phi) is 8.68. The quantitative estimate of drug-likeness (QED) is 0.402. The summed E-state index contributed by atoms with van der Waals surface area (Å²) in [5, 5.41) is 5.17. The van der Waals surface area contributed by atoms with E-state index in [0.29, 0.717) is 36.9 Å². The molecule has 1 aromatic heterocycles. The summed E-state index contributed by atoms with van der Waals surface area (Å²) < 4.78 is 39.2. The van der Waals surface area contributed by atoms with Crippen LogP contribution in [-0.4, -0.2) is 41.7 Å². The lowest BCUT2D eigenvalue weighted by Crippen LogP contribution is -2.29. The number of hydrogen-bond acceptors (Lipinski definition) is 6. The minimum Gasteiger partial charge on any atom is -0.348 e. The number of carbonyl (C=O) groups excluding carboxylic acids is 2. The van der Waals surface area contributed by atoms with Gasteiger partial charge in [0.05, 0.1) is 22.7 Å². The SMILES string of the molecule is CC(C)(C)C(=O)Nc1ncc([C@H]2CC[C@H](S(C)(=O)=O)CC2)nc1-c1ccc(C(=O)NCc2ccccc2)c(F)c1. The first kappa shape index (κ1) is 29.3. The van der Waals surface area contributed by atoms with Crippen molar-refractivity contribution in [2.45, 2.75) is 64.2 Å². The van der Waals surface area contributed by atoms with E-state index in [1.165, 1.54) is 18.4 Å². The van der Waals surface area contributed by atoms with Crippen molar-refractivity contribution in [1.82, 2.24) is 15.3 Å². The number of nitrogens with zero attached hydrogens (tertiary/aromatic N) is 2. The molecule has 1 aliphatic carbocycles. The molecule has 0 unspecified atom stereocenters. The molecule has 2 aromatic carbocycles. The smallest absolute Gasteiger partial charge is 0.254 e. The highest BCUT2D eigenvalue weighted by atomic mass is 32.2. The number of amides is 2. The second-order valence-corrected chi connectivity index (χ2v) is 13.7. The highest BCUT2D eigenvalue weighted by Crippen LogP contribution is 2.36. The molecule has 10 heteroatoms. The molecule has 212 valence electrons. The van der Waals surface area contributed by atoms with Gasteiger partial charge in [0.2, 0.25) is 5.91 Å². The van der Waals surface area contributed by atoms with Crippen molar-refractivity contribution in [3.63, 3.8) is 0 Å². The Morgan fingerprint density at radius 2 is 1.70 bits per heavy atom. The van der Waals surface area contributed by atoms with Gasteiger partial charge in [-0.1, -0.05) is 57.2 Å². The van der Waals surface area contributed by atoms with Crippen LogP contribution in [0.4, 0.5) is 10.2 Å². The number of halogens is 1. The van der Waals surface area contributed by atoms with E-state index >= 15 is 4.39 Å². The molecule has 8 nitrogen and oxygen atoms in total. The maximum absolute atomic E-state index is 15.3. The van der Waals surface area contributed by atoms with Crippen molar-refractivity contribution in [3.05, 3.63) is 77.4 Å². The fourth-order valence-corrected chi connectivity index (χ4v) is 5.82. The lowest BCUT2D eigenvalue weighted by Gasteiger charge is -2.27. The van der Waals surface area contributed by atoms with Crippen LogP contribution in [0.1, 0.15) is 74.0 Å². The predicted molar refractivity (Wildman–Crippen MR) is 153 cm³/mol. The normalized spacial score (nSPS) is 17.7. The molecule has 1 aliphatic rings. The van der Waals surface area contributed by atoms with Gasteiger partial charge >= 0.3 is 0 Å². The molecule has 4 rings (SSSR count). The fourth-order valence-electron chi connectivity index (χ4n) is 4.69. The lowest BCUT2D eigenvalue weighted by atomic mass is 9.86. The van der Waals surface area contributed by atoms with Gasteiger partial charge in [0, 0.05) is 29.7 Å². The monoisotopic (exact) mass is 566 g/mol. The molecule has 0 aliphatic heterocycles. The fraction of sp³-hybridized carbons (Fsp3) is 0.400. The lowest BCUT2D eigenvalue weighted by molar-refractivity contribution is -0.123. The molecule has 1 fully saturated rings. The van der Waals surface area contributed by atoms with Gasteiger partial charge in [-0.3, -0.25) is 9.59 Å². The first-order valence-electron chi connectivity index (χ1n) is 13.3. The number of hydrogen-bond donors (Lipinski definition) is 2. The Hall–Kier alpha value is -3.66. The number of rotatable bonds is 7. The molecule has 3 aromatic rings. The van der Waals surface area contributed by atoms with Crippen molar-refractivity contribution in [2.24, 2.45) is 5.41 Å². The maximum Gasteiger partial charge on any atom is 0.254 e. The summed E-state index contributed by atoms with van der Waals surface area (Å²) in [6, 6.07) is 13.5. The van der Waals surface area contributed by atoms with E-state index in [1.54, 1.807) is 33.0 Å².